The minimum Gasteiger partial charge on any atom is -0.480 e. The number of amides is 2. The van der Waals surface area contributed by atoms with Gasteiger partial charge < -0.3 is 19.6 Å². The highest BCUT2D eigenvalue weighted by atomic mass is 16.5. The average molecular weight is 475 g/mol. The molecule has 0 fully saturated rings. The largest absolute Gasteiger partial charge is 0.480 e. The summed E-state index contributed by atoms with van der Waals surface area (Å²) in [5, 5.41) is 9.81. The lowest BCUT2D eigenvalue weighted by Gasteiger charge is -2.38. The van der Waals surface area contributed by atoms with Crippen LogP contribution in [-0.2, 0) is 27.3 Å². The summed E-state index contributed by atoms with van der Waals surface area (Å²) in [5.74, 6) is -1.69. The van der Waals surface area contributed by atoms with Crippen molar-refractivity contribution in [2.75, 3.05) is 19.7 Å². The van der Waals surface area contributed by atoms with E-state index >= 15 is 0 Å². The zero-order valence-corrected chi connectivity index (χ0v) is 21.1. The van der Waals surface area contributed by atoms with Gasteiger partial charge in [0.25, 0.3) is 0 Å². The molecule has 1 aliphatic rings. The highest BCUT2D eigenvalue weighted by Crippen LogP contribution is 2.25. The van der Waals surface area contributed by atoms with Gasteiger partial charge in [0.05, 0.1) is 12.5 Å². The zero-order valence-electron chi connectivity index (χ0n) is 21.1. The number of carbonyl (C=O) groups excluding carboxylic acids is 2. The summed E-state index contributed by atoms with van der Waals surface area (Å²) < 4.78 is 5.31. The Kier molecular flexibility index (Phi) is 11.9. The molecular formula is C27H42N2O5. The fourth-order valence-corrected chi connectivity index (χ4v) is 4.63. The van der Waals surface area contributed by atoms with E-state index in [0.717, 1.165) is 30.4 Å². The van der Waals surface area contributed by atoms with Gasteiger partial charge in [-0.05, 0) is 31.4 Å². The lowest BCUT2D eigenvalue weighted by Crippen LogP contribution is -2.54. The van der Waals surface area contributed by atoms with Crippen LogP contribution in [-0.4, -0.2) is 58.6 Å². The number of aliphatic carboxylic acids is 1. The SMILES string of the molecule is CCCCCCCCC[C@H](CN(CC)C(=O)N1Cc2ccccc2C[C@H]1C(=O)O)C(=O)OCC. The Labute approximate surface area is 204 Å². The smallest absolute Gasteiger partial charge is 0.326 e. The first-order valence-electron chi connectivity index (χ1n) is 12.9. The van der Waals surface area contributed by atoms with Crippen LogP contribution in [0.4, 0.5) is 4.79 Å². The van der Waals surface area contributed by atoms with E-state index in [-0.39, 0.29) is 31.5 Å². The lowest BCUT2D eigenvalue weighted by molar-refractivity contribution is -0.149. The summed E-state index contributed by atoms with van der Waals surface area (Å²) in [7, 11) is 0. The number of esters is 1. The summed E-state index contributed by atoms with van der Waals surface area (Å²) in [4.78, 5) is 41.2. The number of ether oxygens (including phenoxy) is 1. The van der Waals surface area contributed by atoms with Crippen LogP contribution >= 0.6 is 0 Å². The van der Waals surface area contributed by atoms with Crippen molar-refractivity contribution in [2.24, 2.45) is 5.92 Å². The molecule has 0 saturated heterocycles. The number of carboxylic acid groups (broad SMARTS) is 1. The first kappa shape index (κ1) is 27.7. The van der Waals surface area contributed by atoms with Gasteiger partial charge in [-0.15, -0.1) is 0 Å². The number of benzene rings is 1. The van der Waals surface area contributed by atoms with Crippen LogP contribution in [0.1, 0.15) is 83.3 Å². The lowest BCUT2D eigenvalue weighted by atomic mass is 9.94. The predicted molar refractivity (Wildman–Crippen MR) is 132 cm³/mol. The number of nitrogens with zero attached hydrogens (tertiary/aromatic N) is 2. The second kappa shape index (κ2) is 14.6. The molecule has 34 heavy (non-hydrogen) atoms. The van der Waals surface area contributed by atoms with Crippen molar-refractivity contribution in [3.8, 4) is 0 Å². The maximum atomic E-state index is 13.5. The van der Waals surface area contributed by atoms with Gasteiger partial charge in [0, 0.05) is 26.1 Å². The molecule has 7 heteroatoms. The Balaban J connectivity index is 2.05. The number of rotatable bonds is 14. The van der Waals surface area contributed by atoms with Crippen LogP contribution < -0.4 is 0 Å². The third-order valence-corrected chi connectivity index (χ3v) is 6.65. The maximum Gasteiger partial charge on any atom is 0.326 e. The predicted octanol–water partition coefficient (Wildman–Crippen LogP) is 5.26. The first-order chi connectivity index (χ1) is 16.4. The van der Waals surface area contributed by atoms with E-state index in [1.807, 2.05) is 31.2 Å². The molecular weight excluding hydrogens is 432 g/mol. The molecule has 1 aromatic rings. The van der Waals surface area contributed by atoms with Crippen LogP contribution in [0, 0.1) is 5.92 Å². The van der Waals surface area contributed by atoms with E-state index in [2.05, 4.69) is 6.92 Å². The molecule has 2 rings (SSSR count). The third kappa shape index (κ3) is 8.03. The van der Waals surface area contributed by atoms with E-state index in [1.165, 1.54) is 30.6 Å². The Morgan fingerprint density at radius 2 is 1.68 bits per heavy atom. The Morgan fingerprint density at radius 1 is 1.03 bits per heavy atom. The third-order valence-electron chi connectivity index (χ3n) is 6.65. The standard InChI is InChI=1S/C27H42N2O5/c1-4-7-8-9-10-11-12-17-23(26(32)34-6-3)19-28(5-2)27(33)29-20-22-16-14-13-15-21(22)18-24(29)25(30)31/h13-16,23-24H,4-12,17-20H2,1-3H3,(H,30,31)/t23-,24+/m1/s1. The monoisotopic (exact) mass is 474 g/mol. The molecule has 2 amide bonds. The maximum absolute atomic E-state index is 13.5. The highest BCUT2D eigenvalue weighted by Gasteiger charge is 2.37. The summed E-state index contributed by atoms with van der Waals surface area (Å²) in [6, 6.07) is 6.40. The van der Waals surface area contributed by atoms with Crippen molar-refractivity contribution in [3.63, 3.8) is 0 Å². The van der Waals surface area contributed by atoms with Crippen LogP contribution in [0.5, 0.6) is 0 Å². The van der Waals surface area contributed by atoms with Crippen LogP contribution in [0.2, 0.25) is 0 Å². The van der Waals surface area contributed by atoms with Crippen LogP contribution in [0.25, 0.3) is 0 Å². The molecule has 0 aliphatic carbocycles. The number of unbranched alkanes of at least 4 members (excludes halogenated alkanes) is 6. The number of carboxylic acids is 1. The molecule has 190 valence electrons. The molecule has 0 radical (unpaired) electrons. The van der Waals surface area contributed by atoms with Crippen molar-refractivity contribution >= 4 is 18.0 Å². The van der Waals surface area contributed by atoms with E-state index in [1.54, 1.807) is 11.8 Å². The van der Waals surface area contributed by atoms with Gasteiger partial charge in [-0.1, -0.05) is 76.1 Å². The van der Waals surface area contributed by atoms with Crippen molar-refractivity contribution < 1.29 is 24.2 Å². The summed E-state index contributed by atoms with van der Waals surface area (Å²) >= 11 is 0. The second-order valence-electron chi connectivity index (χ2n) is 9.13. The first-order valence-corrected chi connectivity index (χ1v) is 12.9. The number of hydrogen-bond acceptors (Lipinski definition) is 4. The highest BCUT2D eigenvalue weighted by molar-refractivity contribution is 5.84. The van der Waals surface area contributed by atoms with E-state index in [0.29, 0.717) is 19.6 Å². The Bertz CT molecular complexity index is 797. The molecule has 0 saturated carbocycles. The molecule has 0 unspecified atom stereocenters. The normalized spacial score (nSPS) is 16.0. The number of hydrogen-bond donors (Lipinski definition) is 1. The topological polar surface area (TPSA) is 87.2 Å². The van der Waals surface area contributed by atoms with Crippen LogP contribution in [0.15, 0.2) is 24.3 Å². The van der Waals surface area contributed by atoms with Crippen molar-refractivity contribution in [2.45, 2.75) is 91.1 Å². The van der Waals surface area contributed by atoms with Gasteiger partial charge in [-0.25, -0.2) is 9.59 Å². The summed E-state index contributed by atoms with van der Waals surface area (Å²) in [5.41, 5.74) is 1.93. The van der Waals surface area contributed by atoms with E-state index < -0.39 is 17.9 Å². The van der Waals surface area contributed by atoms with E-state index in [9.17, 15) is 19.5 Å². The Hall–Kier alpha value is -2.57. The minimum absolute atomic E-state index is 0.245. The molecule has 0 spiro atoms. The van der Waals surface area contributed by atoms with Crippen molar-refractivity contribution in [1.29, 1.82) is 0 Å². The number of carbonyl (C=O) groups is 3. The van der Waals surface area contributed by atoms with Gasteiger partial charge >= 0.3 is 18.0 Å². The van der Waals surface area contributed by atoms with E-state index in [4.69, 9.17) is 4.74 Å². The van der Waals surface area contributed by atoms with Crippen molar-refractivity contribution in [1.82, 2.24) is 9.80 Å². The summed E-state index contributed by atoms with van der Waals surface area (Å²) in [6.45, 7) is 7.05. The number of urea groups is 1. The second-order valence-corrected chi connectivity index (χ2v) is 9.13. The molecule has 7 nitrogen and oxygen atoms in total. The zero-order chi connectivity index (χ0) is 24.9. The summed E-state index contributed by atoms with van der Waals surface area (Å²) in [6.07, 6.45) is 9.02. The number of fused-ring (bicyclic) bond motifs is 1. The van der Waals surface area contributed by atoms with Gasteiger partial charge in [0.2, 0.25) is 0 Å². The van der Waals surface area contributed by atoms with Gasteiger partial charge in [-0.2, -0.15) is 0 Å². The molecule has 0 bridgehead atoms. The van der Waals surface area contributed by atoms with Gasteiger partial charge in [-0.3, -0.25) is 4.79 Å². The molecule has 1 heterocycles. The van der Waals surface area contributed by atoms with Gasteiger partial charge in [0.15, 0.2) is 0 Å². The molecule has 1 N–H and O–H groups in total. The fraction of sp³-hybridized carbons (Fsp3) is 0.667. The molecule has 0 aromatic heterocycles. The quantitative estimate of drug-likeness (QED) is 0.294. The van der Waals surface area contributed by atoms with Crippen LogP contribution in [0.3, 0.4) is 0 Å². The van der Waals surface area contributed by atoms with Crippen molar-refractivity contribution in [3.05, 3.63) is 35.4 Å². The molecule has 1 aromatic carbocycles. The Morgan fingerprint density at radius 3 is 2.29 bits per heavy atom. The molecule has 2 atom stereocenters. The van der Waals surface area contributed by atoms with Gasteiger partial charge in [0.1, 0.15) is 6.04 Å². The fourth-order valence-electron chi connectivity index (χ4n) is 4.63. The minimum atomic E-state index is -1.01. The average Bonchev–Trinajstić information content (AvgIpc) is 2.84. The molecule has 1 aliphatic heterocycles.